The van der Waals surface area contributed by atoms with Crippen molar-refractivity contribution in [3.05, 3.63) is 23.6 Å². The fourth-order valence-electron chi connectivity index (χ4n) is 2.18. The molecule has 0 aromatic carbocycles. The van der Waals surface area contributed by atoms with E-state index in [1.807, 2.05) is 0 Å². The summed E-state index contributed by atoms with van der Waals surface area (Å²) < 4.78 is 7.77. The average molecular weight is 287 g/mol. The number of rotatable bonds is 0. The number of halogens is 1. The van der Waals surface area contributed by atoms with E-state index in [2.05, 4.69) is 31.7 Å². The van der Waals surface area contributed by atoms with Crippen molar-refractivity contribution in [1.82, 2.24) is 2.78 Å². The minimum atomic E-state index is 1.11. The highest BCUT2D eigenvalue weighted by Gasteiger charge is 2.20. The number of nitrogens with zero attached hydrogens (tertiary/aromatic N) is 1. The molecule has 1 aliphatic rings. The van der Waals surface area contributed by atoms with E-state index in [1.54, 1.807) is 6.26 Å². The molecule has 2 nitrogen and oxygen atoms in total. The monoisotopic (exact) mass is 287 g/mol. The highest BCUT2D eigenvalue weighted by Crippen LogP contribution is 2.33. The molecule has 3 heteroatoms. The van der Waals surface area contributed by atoms with E-state index in [0.29, 0.717) is 0 Å². The Bertz CT molecular complexity index is 455. The van der Waals surface area contributed by atoms with Crippen LogP contribution in [0.15, 0.2) is 16.7 Å². The lowest BCUT2D eigenvalue weighted by Gasteiger charge is -2.11. The molecule has 0 radical (unpaired) electrons. The van der Waals surface area contributed by atoms with Crippen molar-refractivity contribution >= 4 is 34.0 Å². The number of aromatic nitrogens is 1. The highest BCUT2D eigenvalue weighted by atomic mass is 127. The Labute approximate surface area is 90.4 Å². The number of furan rings is 1. The summed E-state index contributed by atoms with van der Waals surface area (Å²) in [6.07, 6.45) is 6.82. The smallest absolute Gasteiger partial charge is 0.155 e. The van der Waals surface area contributed by atoms with E-state index in [4.69, 9.17) is 4.42 Å². The third-order valence-corrected chi connectivity index (χ3v) is 3.91. The van der Waals surface area contributed by atoms with E-state index in [1.165, 1.54) is 42.5 Å². The molecule has 0 fully saturated rings. The fourth-order valence-corrected chi connectivity index (χ4v) is 3.09. The molecule has 0 N–H and O–H groups in total. The first-order chi connectivity index (χ1) is 6.38. The van der Waals surface area contributed by atoms with Crippen molar-refractivity contribution in [2.24, 2.45) is 0 Å². The first-order valence-electron chi connectivity index (χ1n) is 4.64. The summed E-state index contributed by atoms with van der Waals surface area (Å²) in [5.41, 5.74) is 5.28. The van der Waals surface area contributed by atoms with Gasteiger partial charge in [0.2, 0.25) is 0 Å². The van der Waals surface area contributed by atoms with Crippen LogP contribution in [0.3, 0.4) is 0 Å². The number of fused-ring (bicyclic) bond motifs is 3. The molecule has 0 saturated carbocycles. The van der Waals surface area contributed by atoms with Crippen LogP contribution in [0.2, 0.25) is 0 Å². The van der Waals surface area contributed by atoms with E-state index in [-0.39, 0.29) is 0 Å². The Morgan fingerprint density at radius 1 is 1.31 bits per heavy atom. The van der Waals surface area contributed by atoms with Crippen LogP contribution in [0.1, 0.15) is 24.1 Å². The lowest BCUT2D eigenvalue weighted by atomic mass is 9.98. The van der Waals surface area contributed by atoms with Gasteiger partial charge in [-0.2, -0.15) is 0 Å². The second-order valence-electron chi connectivity index (χ2n) is 3.55. The Morgan fingerprint density at radius 3 is 3.08 bits per heavy atom. The Morgan fingerprint density at radius 2 is 2.15 bits per heavy atom. The molecule has 13 heavy (non-hydrogen) atoms. The van der Waals surface area contributed by atoms with E-state index < -0.39 is 0 Å². The molecule has 68 valence electrons. The number of hydrogen-bond acceptors (Lipinski definition) is 1. The predicted octanol–water partition coefficient (Wildman–Crippen LogP) is 3.31. The van der Waals surface area contributed by atoms with Crippen LogP contribution in [0.5, 0.6) is 0 Å². The maximum atomic E-state index is 5.51. The molecule has 0 unspecified atom stereocenters. The zero-order chi connectivity index (χ0) is 8.84. The van der Waals surface area contributed by atoms with Gasteiger partial charge in [-0.05, 0) is 25.7 Å². The van der Waals surface area contributed by atoms with Gasteiger partial charge in [0.15, 0.2) is 5.58 Å². The summed E-state index contributed by atoms with van der Waals surface area (Å²) in [5.74, 6) is 0. The lowest BCUT2D eigenvalue weighted by molar-refractivity contribution is 0.600. The van der Waals surface area contributed by atoms with Crippen LogP contribution in [0.25, 0.3) is 11.1 Å². The summed E-state index contributed by atoms with van der Waals surface area (Å²) in [6.45, 7) is 0. The molecule has 2 heterocycles. The molecule has 0 bridgehead atoms. The van der Waals surface area contributed by atoms with Crippen molar-refractivity contribution in [3.8, 4) is 0 Å². The summed E-state index contributed by atoms with van der Waals surface area (Å²) >= 11 is 2.37. The van der Waals surface area contributed by atoms with Gasteiger partial charge in [-0.15, -0.1) is 0 Å². The first kappa shape index (κ1) is 7.91. The van der Waals surface area contributed by atoms with Crippen molar-refractivity contribution in [2.45, 2.75) is 25.7 Å². The van der Waals surface area contributed by atoms with Crippen molar-refractivity contribution < 1.29 is 4.42 Å². The van der Waals surface area contributed by atoms with Crippen molar-refractivity contribution in [2.75, 3.05) is 0 Å². The van der Waals surface area contributed by atoms with E-state index >= 15 is 0 Å². The molecule has 1 aliphatic carbocycles. The van der Waals surface area contributed by atoms with Crippen LogP contribution >= 0.6 is 22.9 Å². The second-order valence-corrected chi connectivity index (χ2v) is 4.51. The highest BCUT2D eigenvalue weighted by molar-refractivity contribution is 14.1. The molecular weight excluding hydrogens is 277 g/mol. The van der Waals surface area contributed by atoms with Gasteiger partial charge in [0.1, 0.15) is 0 Å². The van der Waals surface area contributed by atoms with Gasteiger partial charge >= 0.3 is 0 Å². The van der Waals surface area contributed by atoms with Gasteiger partial charge < -0.3 is 4.42 Å². The molecule has 3 rings (SSSR count). The average Bonchev–Trinajstić information content (AvgIpc) is 2.72. The van der Waals surface area contributed by atoms with Crippen LogP contribution in [-0.2, 0) is 12.8 Å². The van der Waals surface area contributed by atoms with Crippen molar-refractivity contribution in [3.63, 3.8) is 0 Å². The van der Waals surface area contributed by atoms with Crippen LogP contribution < -0.4 is 0 Å². The Balaban J connectivity index is 2.40. The van der Waals surface area contributed by atoms with Gasteiger partial charge in [0.05, 0.1) is 34.6 Å². The molecule has 2 aromatic heterocycles. The van der Waals surface area contributed by atoms with Crippen LogP contribution in [0.4, 0.5) is 0 Å². The van der Waals surface area contributed by atoms with Gasteiger partial charge in [-0.25, -0.2) is 0 Å². The summed E-state index contributed by atoms with van der Waals surface area (Å²) in [4.78, 5) is 0. The largest absolute Gasteiger partial charge is 0.462 e. The lowest BCUT2D eigenvalue weighted by Crippen LogP contribution is -2.02. The topological polar surface area (TPSA) is 18.1 Å². The molecular formula is C10H10INO. The third kappa shape index (κ3) is 0.994. The van der Waals surface area contributed by atoms with Gasteiger partial charge in [-0.1, -0.05) is 0 Å². The van der Waals surface area contributed by atoms with Crippen LogP contribution in [-0.4, -0.2) is 2.78 Å². The summed E-state index contributed by atoms with van der Waals surface area (Å²) in [7, 11) is 0. The first-order valence-corrected chi connectivity index (χ1v) is 5.60. The maximum Gasteiger partial charge on any atom is 0.155 e. The molecule has 0 spiro atoms. The van der Waals surface area contributed by atoms with Crippen LogP contribution in [0, 0.1) is 0 Å². The molecule has 0 aliphatic heterocycles. The molecule has 0 atom stereocenters. The minimum Gasteiger partial charge on any atom is -0.462 e. The predicted molar refractivity (Wildman–Crippen MR) is 60.3 cm³/mol. The molecule has 0 amide bonds. The third-order valence-electron chi connectivity index (χ3n) is 2.81. The van der Waals surface area contributed by atoms with Gasteiger partial charge in [0.25, 0.3) is 0 Å². The maximum absolute atomic E-state index is 5.51. The van der Waals surface area contributed by atoms with E-state index in [0.717, 1.165) is 5.58 Å². The normalized spacial score (nSPS) is 16.4. The standard InChI is InChI=1S/C10H10INO/c11-12-8-4-2-1-3-7(8)10-9(12)5-6-13-10/h5-6H,1-4H2. The van der Waals surface area contributed by atoms with Gasteiger partial charge in [-0.3, -0.25) is 2.78 Å². The summed E-state index contributed by atoms with van der Waals surface area (Å²) in [6, 6.07) is 2.06. The summed E-state index contributed by atoms with van der Waals surface area (Å²) in [5, 5.41) is 0. The Kier molecular flexibility index (Phi) is 1.68. The molecule has 2 aromatic rings. The SMILES string of the molecule is In1c2c(c3occc31)CCCC2. The van der Waals surface area contributed by atoms with Gasteiger partial charge in [0, 0.05) is 17.3 Å². The van der Waals surface area contributed by atoms with Crippen molar-refractivity contribution in [1.29, 1.82) is 0 Å². The number of aryl methyl sites for hydroxylation is 1. The zero-order valence-corrected chi connectivity index (χ0v) is 9.37. The fraction of sp³-hybridized carbons (Fsp3) is 0.400. The Hall–Kier alpha value is -0.450. The van der Waals surface area contributed by atoms with E-state index in [9.17, 15) is 0 Å². The minimum absolute atomic E-state index is 1.11. The molecule has 0 saturated heterocycles. The number of hydrogen-bond donors (Lipinski definition) is 0. The quantitative estimate of drug-likeness (QED) is 0.680. The zero-order valence-electron chi connectivity index (χ0n) is 7.22. The second kappa shape index (κ2) is 2.77.